The Hall–Kier alpha value is -1.42. The van der Waals surface area contributed by atoms with Gasteiger partial charge < -0.3 is 10.2 Å². The first-order valence-corrected chi connectivity index (χ1v) is 6.33. The average Bonchev–Trinajstić information content (AvgIpc) is 2.90. The summed E-state index contributed by atoms with van der Waals surface area (Å²) in [6.45, 7) is 3.48. The highest BCUT2D eigenvalue weighted by molar-refractivity contribution is 5.79. The molecular formula is C14H19FN2O. The minimum atomic E-state index is -0.255. The maximum absolute atomic E-state index is 13.7. The van der Waals surface area contributed by atoms with Gasteiger partial charge in [0.15, 0.2) is 0 Å². The Balaban J connectivity index is 2.10. The monoisotopic (exact) mass is 250 g/mol. The lowest BCUT2D eigenvalue weighted by Gasteiger charge is -2.28. The van der Waals surface area contributed by atoms with Gasteiger partial charge in [0.2, 0.25) is 5.91 Å². The summed E-state index contributed by atoms with van der Waals surface area (Å²) in [6, 6.07) is 6.38. The predicted molar refractivity (Wildman–Crippen MR) is 68.6 cm³/mol. The highest BCUT2D eigenvalue weighted by Crippen LogP contribution is 2.24. The number of benzene rings is 1. The van der Waals surface area contributed by atoms with E-state index in [0.29, 0.717) is 5.56 Å². The molecule has 0 radical (unpaired) electrons. The molecule has 1 aromatic rings. The molecule has 2 rings (SSSR count). The van der Waals surface area contributed by atoms with Crippen molar-refractivity contribution in [2.75, 3.05) is 20.1 Å². The van der Waals surface area contributed by atoms with Crippen LogP contribution in [0.4, 0.5) is 4.39 Å². The van der Waals surface area contributed by atoms with Crippen LogP contribution in [0.1, 0.15) is 24.9 Å². The largest absolute Gasteiger partial charge is 0.339 e. The molecule has 18 heavy (non-hydrogen) atoms. The molecule has 3 nitrogen and oxygen atoms in total. The molecule has 2 atom stereocenters. The summed E-state index contributed by atoms with van der Waals surface area (Å²) in [6.07, 6.45) is 0.868. The van der Waals surface area contributed by atoms with Gasteiger partial charge in [0, 0.05) is 19.2 Å². The van der Waals surface area contributed by atoms with Gasteiger partial charge in [-0.05, 0) is 26.0 Å². The summed E-state index contributed by atoms with van der Waals surface area (Å²) in [5.74, 6) is -0.130. The number of carbonyl (C=O) groups excluding carboxylic acids is 1. The minimum absolute atomic E-state index is 0.0317. The number of nitrogens with one attached hydrogen (secondary N) is 1. The molecule has 4 heteroatoms. The van der Waals surface area contributed by atoms with E-state index < -0.39 is 0 Å². The number of hydrogen-bond acceptors (Lipinski definition) is 2. The zero-order valence-corrected chi connectivity index (χ0v) is 10.8. The maximum Gasteiger partial charge on any atom is 0.227 e. The lowest BCUT2D eigenvalue weighted by molar-refractivity contribution is -0.135. The third kappa shape index (κ3) is 2.53. The molecular weight excluding hydrogens is 231 g/mol. The molecule has 98 valence electrons. The second kappa shape index (κ2) is 5.48. The van der Waals surface area contributed by atoms with Crippen LogP contribution in [0.25, 0.3) is 0 Å². The Kier molecular flexibility index (Phi) is 3.97. The third-order valence-corrected chi connectivity index (χ3v) is 3.69. The van der Waals surface area contributed by atoms with E-state index in [0.717, 1.165) is 19.5 Å². The maximum atomic E-state index is 13.7. The van der Waals surface area contributed by atoms with Crippen molar-refractivity contribution < 1.29 is 9.18 Å². The van der Waals surface area contributed by atoms with Crippen LogP contribution in [-0.4, -0.2) is 30.9 Å². The third-order valence-electron chi connectivity index (χ3n) is 3.69. The van der Waals surface area contributed by atoms with Crippen LogP contribution in [0.2, 0.25) is 0 Å². The van der Waals surface area contributed by atoms with E-state index in [9.17, 15) is 9.18 Å². The molecule has 0 aromatic heterocycles. The fraction of sp³-hybridized carbons (Fsp3) is 0.500. The molecule has 0 bridgehead atoms. The summed E-state index contributed by atoms with van der Waals surface area (Å²) >= 11 is 0. The van der Waals surface area contributed by atoms with Crippen molar-refractivity contribution in [3.8, 4) is 0 Å². The van der Waals surface area contributed by atoms with Gasteiger partial charge >= 0.3 is 0 Å². The fourth-order valence-electron chi connectivity index (χ4n) is 2.37. The Bertz CT molecular complexity index is 430. The SMILES string of the molecule is C[C@H](c1ccccc1F)N(C)C(=O)[C@H]1CCNC1. The summed E-state index contributed by atoms with van der Waals surface area (Å²) < 4.78 is 13.7. The summed E-state index contributed by atoms with van der Waals surface area (Å²) in [5, 5.41) is 3.18. The van der Waals surface area contributed by atoms with Crippen molar-refractivity contribution in [3.63, 3.8) is 0 Å². The molecule has 1 fully saturated rings. The topological polar surface area (TPSA) is 32.3 Å². The van der Waals surface area contributed by atoms with Crippen molar-refractivity contribution in [1.82, 2.24) is 10.2 Å². The summed E-state index contributed by atoms with van der Waals surface area (Å²) in [5.41, 5.74) is 0.569. The number of hydrogen-bond donors (Lipinski definition) is 1. The van der Waals surface area contributed by atoms with Crippen molar-refractivity contribution in [1.29, 1.82) is 0 Å². The van der Waals surface area contributed by atoms with Crippen molar-refractivity contribution in [2.45, 2.75) is 19.4 Å². The molecule has 0 spiro atoms. The molecule has 1 heterocycles. The van der Waals surface area contributed by atoms with Gasteiger partial charge in [-0.25, -0.2) is 4.39 Å². The van der Waals surface area contributed by atoms with E-state index >= 15 is 0 Å². The van der Waals surface area contributed by atoms with Gasteiger partial charge in [-0.3, -0.25) is 4.79 Å². The van der Waals surface area contributed by atoms with Crippen LogP contribution in [-0.2, 0) is 4.79 Å². The first kappa shape index (κ1) is 13.0. The Labute approximate surface area is 107 Å². The zero-order chi connectivity index (χ0) is 13.1. The van der Waals surface area contributed by atoms with Crippen LogP contribution in [0.15, 0.2) is 24.3 Å². The standard InChI is InChI=1S/C14H19FN2O/c1-10(12-5-3-4-6-13(12)15)17(2)14(18)11-7-8-16-9-11/h3-6,10-11,16H,7-9H2,1-2H3/t10-,11+/m1/s1. The number of amides is 1. The van der Waals surface area contributed by atoms with Crippen molar-refractivity contribution in [2.24, 2.45) is 5.92 Å². The lowest BCUT2D eigenvalue weighted by atomic mass is 10.0. The van der Waals surface area contributed by atoms with Gasteiger partial charge in [0.25, 0.3) is 0 Å². The molecule has 1 aliphatic heterocycles. The Morgan fingerprint density at radius 1 is 1.50 bits per heavy atom. The number of halogens is 1. The van der Waals surface area contributed by atoms with Gasteiger partial charge in [-0.2, -0.15) is 0 Å². The molecule has 1 aromatic carbocycles. The summed E-state index contributed by atoms with van der Waals surface area (Å²) in [7, 11) is 1.75. The van der Waals surface area contributed by atoms with Crippen LogP contribution in [0.5, 0.6) is 0 Å². The van der Waals surface area contributed by atoms with E-state index in [1.165, 1.54) is 6.07 Å². The number of carbonyl (C=O) groups is 1. The van der Waals surface area contributed by atoms with E-state index in [-0.39, 0.29) is 23.7 Å². The Morgan fingerprint density at radius 3 is 2.83 bits per heavy atom. The molecule has 0 saturated carbocycles. The number of rotatable bonds is 3. The smallest absolute Gasteiger partial charge is 0.227 e. The highest BCUT2D eigenvalue weighted by Gasteiger charge is 2.28. The van der Waals surface area contributed by atoms with Crippen molar-refractivity contribution >= 4 is 5.91 Å². The van der Waals surface area contributed by atoms with Crippen molar-refractivity contribution in [3.05, 3.63) is 35.6 Å². The van der Waals surface area contributed by atoms with E-state index in [4.69, 9.17) is 0 Å². The highest BCUT2D eigenvalue weighted by atomic mass is 19.1. The molecule has 1 N–H and O–H groups in total. The van der Waals surface area contributed by atoms with Crippen LogP contribution in [0, 0.1) is 11.7 Å². The van der Waals surface area contributed by atoms with Gasteiger partial charge in [-0.15, -0.1) is 0 Å². The second-order valence-corrected chi connectivity index (χ2v) is 4.84. The van der Waals surface area contributed by atoms with E-state index in [1.807, 2.05) is 6.92 Å². The Morgan fingerprint density at radius 2 is 2.22 bits per heavy atom. The molecule has 1 amide bonds. The van der Waals surface area contributed by atoms with E-state index in [2.05, 4.69) is 5.32 Å². The predicted octanol–water partition coefficient (Wildman–Crippen LogP) is 1.95. The zero-order valence-electron chi connectivity index (χ0n) is 10.8. The molecule has 1 aliphatic rings. The summed E-state index contributed by atoms with van der Waals surface area (Å²) in [4.78, 5) is 13.9. The van der Waals surface area contributed by atoms with Crippen LogP contribution in [0.3, 0.4) is 0 Å². The average molecular weight is 250 g/mol. The van der Waals surface area contributed by atoms with Gasteiger partial charge in [0.05, 0.1) is 12.0 Å². The lowest BCUT2D eigenvalue weighted by Crippen LogP contribution is -2.36. The quantitative estimate of drug-likeness (QED) is 0.889. The second-order valence-electron chi connectivity index (χ2n) is 4.84. The van der Waals surface area contributed by atoms with Crippen LogP contribution >= 0.6 is 0 Å². The van der Waals surface area contributed by atoms with Gasteiger partial charge in [-0.1, -0.05) is 18.2 Å². The molecule has 1 saturated heterocycles. The fourth-order valence-corrected chi connectivity index (χ4v) is 2.37. The first-order chi connectivity index (χ1) is 8.61. The number of nitrogens with zero attached hydrogens (tertiary/aromatic N) is 1. The normalized spacial score (nSPS) is 20.7. The van der Waals surface area contributed by atoms with E-state index in [1.54, 1.807) is 30.1 Å². The van der Waals surface area contributed by atoms with Crippen LogP contribution < -0.4 is 5.32 Å². The first-order valence-electron chi connectivity index (χ1n) is 6.33. The molecule has 0 aliphatic carbocycles. The molecule has 0 unspecified atom stereocenters. The van der Waals surface area contributed by atoms with Gasteiger partial charge in [0.1, 0.15) is 5.82 Å². The minimum Gasteiger partial charge on any atom is -0.339 e.